The van der Waals surface area contributed by atoms with E-state index in [2.05, 4.69) is 88.0 Å². The van der Waals surface area contributed by atoms with Gasteiger partial charge in [0.1, 0.15) is 5.75 Å². The van der Waals surface area contributed by atoms with E-state index in [4.69, 9.17) is 15.6 Å². The summed E-state index contributed by atoms with van der Waals surface area (Å²) in [5, 5.41) is 4.78. The molecule has 0 aliphatic carbocycles. The minimum atomic E-state index is 0.115. The smallest absolute Gasteiger partial charge is 0.124 e. The molecule has 3 aromatic rings. The van der Waals surface area contributed by atoms with Gasteiger partial charge in [-0.2, -0.15) is 5.10 Å². The van der Waals surface area contributed by atoms with Crippen LogP contribution in [0.2, 0.25) is 0 Å². The van der Waals surface area contributed by atoms with Crippen LogP contribution in [0.1, 0.15) is 60.8 Å². The van der Waals surface area contributed by atoms with Crippen molar-refractivity contribution in [2.75, 3.05) is 6.54 Å². The van der Waals surface area contributed by atoms with Gasteiger partial charge in [0.05, 0.1) is 23.5 Å². The summed E-state index contributed by atoms with van der Waals surface area (Å²) in [6, 6.07) is 17.4. The zero-order valence-corrected chi connectivity index (χ0v) is 20.0. The summed E-state index contributed by atoms with van der Waals surface area (Å²) in [7, 11) is 0. The highest BCUT2D eigenvalue weighted by Crippen LogP contribution is 2.34. The molecule has 0 saturated carbocycles. The van der Waals surface area contributed by atoms with E-state index in [-0.39, 0.29) is 18.2 Å². The Labute approximate surface area is 192 Å². The predicted molar refractivity (Wildman–Crippen MR) is 130 cm³/mol. The first-order chi connectivity index (χ1) is 15.3. The summed E-state index contributed by atoms with van der Waals surface area (Å²) >= 11 is 0. The van der Waals surface area contributed by atoms with Crippen LogP contribution < -0.4 is 10.5 Å². The molecule has 0 unspecified atom stereocenters. The molecule has 0 bridgehead atoms. The van der Waals surface area contributed by atoms with Crippen molar-refractivity contribution in [3.63, 3.8) is 0 Å². The van der Waals surface area contributed by atoms with E-state index in [0.29, 0.717) is 0 Å². The number of nitrogens with two attached hydrogens (primary N) is 1. The molecular formula is C27H36N4O. The molecular weight excluding hydrogens is 396 g/mol. The first kappa shape index (κ1) is 22.6. The second kappa shape index (κ2) is 9.47. The molecule has 0 radical (unpaired) electrons. The SMILES string of the molecule is Cc1nn(-c2ccc(OC(C)C)c(CN3CCC[C@H](N)[C@@H]3c3ccccc3)c2)c(C)c1C. The molecule has 2 N–H and O–H groups in total. The molecule has 0 amide bonds. The second-order valence-corrected chi connectivity index (χ2v) is 9.30. The van der Waals surface area contributed by atoms with Gasteiger partial charge in [0.15, 0.2) is 0 Å². The number of ether oxygens (including phenoxy) is 1. The summed E-state index contributed by atoms with van der Waals surface area (Å²) in [4.78, 5) is 2.52. The van der Waals surface area contributed by atoms with Gasteiger partial charge in [-0.25, -0.2) is 4.68 Å². The van der Waals surface area contributed by atoms with Crippen LogP contribution in [0.25, 0.3) is 5.69 Å². The van der Waals surface area contributed by atoms with Gasteiger partial charge in [0.2, 0.25) is 0 Å². The van der Waals surface area contributed by atoms with Gasteiger partial charge in [-0.3, -0.25) is 4.90 Å². The number of benzene rings is 2. The maximum absolute atomic E-state index is 6.65. The van der Waals surface area contributed by atoms with Crippen LogP contribution in [0.3, 0.4) is 0 Å². The summed E-state index contributed by atoms with van der Waals surface area (Å²) in [6.07, 6.45) is 2.28. The number of aromatic nitrogens is 2. The molecule has 1 saturated heterocycles. The van der Waals surface area contributed by atoms with Crippen molar-refractivity contribution >= 4 is 0 Å². The number of hydrogen-bond donors (Lipinski definition) is 1. The van der Waals surface area contributed by atoms with Gasteiger partial charge in [-0.1, -0.05) is 30.3 Å². The lowest BCUT2D eigenvalue weighted by atomic mass is 9.90. The van der Waals surface area contributed by atoms with Gasteiger partial charge in [0, 0.05) is 23.8 Å². The number of hydrogen-bond acceptors (Lipinski definition) is 4. The molecule has 0 spiro atoms. The van der Waals surface area contributed by atoms with Crippen molar-refractivity contribution < 1.29 is 4.74 Å². The molecule has 5 heteroatoms. The van der Waals surface area contributed by atoms with Crippen molar-refractivity contribution in [1.29, 1.82) is 0 Å². The van der Waals surface area contributed by atoms with Crippen molar-refractivity contribution in [1.82, 2.24) is 14.7 Å². The Morgan fingerprint density at radius 3 is 2.50 bits per heavy atom. The van der Waals surface area contributed by atoms with E-state index in [1.807, 2.05) is 4.68 Å². The Bertz CT molecular complexity index is 1060. The highest BCUT2D eigenvalue weighted by atomic mass is 16.5. The van der Waals surface area contributed by atoms with Crippen LogP contribution in [0, 0.1) is 20.8 Å². The normalized spacial score (nSPS) is 19.5. The highest BCUT2D eigenvalue weighted by molar-refractivity contribution is 5.46. The van der Waals surface area contributed by atoms with Gasteiger partial charge >= 0.3 is 0 Å². The number of likely N-dealkylation sites (tertiary alicyclic amines) is 1. The number of aryl methyl sites for hydroxylation is 1. The lowest BCUT2D eigenvalue weighted by Gasteiger charge is -2.40. The molecule has 4 rings (SSSR count). The largest absolute Gasteiger partial charge is 0.491 e. The fourth-order valence-corrected chi connectivity index (χ4v) is 4.76. The Morgan fingerprint density at radius 1 is 1.09 bits per heavy atom. The highest BCUT2D eigenvalue weighted by Gasteiger charge is 2.31. The van der Waals surface area contributed by atoms with E-state index in [1.54, 1.807) is 0 Å². The average molecular weight is 433 g/mol. The lowest BCUT2D eigenvalue weighted by Crippen LogP contribution is -2.45. The van der Waals surface area contributed by atoms with Gasteiger partial charge < -0.3 is 10.5 Å². The van der Waals surface area contributed by atoms with Crippen LogP contribution in [-0.2, 0) is 6.54 Å². The topological polar surface area (TPSA) is 56.3 Å². The Kier molecular flexibility index (Phi) is 6.68. The first-order valence-corrected chi connectivity index (χ1v) is 11.7. The van der Waals surface area contributed by atoms with Gasteiger partial charge in [-0.15, -0.1) is 0 Å². The van der Waals surface area contributed by atoms with E-state index < -0.39 is 0 Å². The number of piperidine rings is 1. The maximum atomic E-state index is 6.65. The molecule has 1 fully saturated rings. The number of rotatable bonds is 6. The van der Waals surface area contributed by atoms with Crippen LogP contribution in [0.4, 0.5) is 0 Å². The molecule has 1 aliphatic rings. The summed E-state index contributed by atoms with van der Waals surface area (Å²) in [5.41, 5.74) is 13.7. The van der Waals surface area contributed by atoms with Crippen LogP contribution in [-0.4, -0.2) is 33.4 Å². The molecule has 2 atom stereocenters. The van der Waals surface area contributed by atoms with Crippen LogP contribution in [0.15, 0.2) is 48.5 Å². The molecule has 1 aliphatic heterocycles. The molecule has 1 aromatic heterocycles. The molecule has 5 nitrogen and oxygen atoms in total. The van der Waals surface area contributed by atoms with Crippen molar-refractivity contribution in [2.24, 2.45) is 5.73 Å². The van der Waals surface area contributed by atoms with Crippen molar-refractivity contribution in [3.05, 3.63) is 76.6 Å². The average Bonchev–Trinajstić information content (AvgIpc) is 3.03. The third kappa shape index (κ3) is 4.59. The molecule has 32 heavy (non-hydrogen) atoms. The van der Waals surface area contributed by atoms with Gasteiger partial charge in [0.25, 0.3) is 0 Å². The first-order valence-electron chi connectivity index (χ1n) is 11.7. The summed E-state index contributed by atoms with van der Waals surface area (Å²) in [6.45, 7) is 12.3. The predicted octanol–water partition coefficient (Wildman–Crippen LogP) is 5.25. The molecule has 170 valence electrons. The lowest BCUT2D eigenvalue weighted by molar-refractivity contribution is 0.118. The molecule has 2 heterocycles. The van der Waals surface area contributed by atoms with E-state index in [1.165, 1.54) is 22.4 Å². The zero-order chi connectivity index (χ0) is 22.8. The second-order valence-electron chi connectivity index (χ2n) is 9.30. The molecule has 2 aromatic carbocycles. The minimum Gasteiger partial charge on any atom is -0.491 e. The van der Waals surface area contributed by atoms with Crippen molar-refractivity contribution in [3.8, 4) is 11.4 Å². The summed E-state index contributed by atoms with van der Waals surface area (Å²) < 4.78 is 8.26. The zero-order valence-electron chi connectivity index (χ0n) is 20.0. The van der Waals surface area contributed by atoms with Crippen molar-refractivity contribution in [2.45, 2.75) is 72.2 Å². The standard InChI is InChI=1S/C27H36N4O/c1-18(2)32-26-14-13-24(31-21(5)19(3)20(4)29-31)16-23(26)17-30-15-9-12-25(28)27(30)22-10-7-6-8-11-22/h6-8,10-11,13-14,16,18,25,27H,9,12,15,17,28H2,1-5H3/t25-,27-/m0/s1. The van der Waals surface area contributed by atoms with E-state index in [0.717, 1.165) is 43.1 Å². The third-order valence-corrected chi connectivity index (χ3v) is 6.60. The van der Waals surface area contributed by atoms with Gasteiger partial charge in [-0.05, 0) is 83.3 Å². The monoisotopic (exact) mass is 432 g/mol. The fourth-order valence-electron chi connectivity index (χ4n) is 4.76. The summed E-state index contributed by atoms with van der Waals surface area (Å²) in [5.74, 6) is 0.938. The number of nitrogens with zero attached hydrogens (tertiary/aromatic N) is 3. The van der Waals surface area contributed by atoms with E-state index in [9.17, 15) is 0 Å². The maximum Gasteiger partial charge on any atom is 0.124 e. The van der Waals surface area contributed by atoms with Crippen LogP contribution in [0.5, 0.6) is 5.75 Å². The van der Waals surface area contributed by atoms with Crippen LogP contribution >= 0.6 is 0 Å². The quantitative estimate of drug-likeness (QED) is 0.578. The Morgan fingerprint density at radius 2 is 1.84 bits per heavy atom. The fraction of sp³-hybridized carbons (Fsp3) is 0.444. The van der Waals surface area contributed by atoms with E-state index >= 15 is 0 Å². The Balaban J connectivity index is 1.72. The Hall–Kier alpha value is -2.63. The minimum absolute atomic E-state index is 0.115. The third-order valence-electron chi connectivity index (χ3n) is 6.60.